The normalized spacial score (nSPS) is 44.8. The van der Waals surface area contributed by atoms with Gasteiger partial charge in [-0.1, -0.05) is 19.9 Å². The first-order valence-corrected chi connectivity index (χ1v) is 11.6. The van der Waals surface area contributed by atoms with Gasteiger partial charge in [-0.2, -0.15) is 0 Å². The van der Waals surface area contributed by atoms with E-state index in [1.165, 1.54) is 0 Å². The molecule has 9 atom stereocenters. The second-order valence-electron chi connectivity index (χ2n) is 10.5. The highest BCUT2D eigenvalue weighted by molar-refractivity contribution is 5.93. The lowest BCUT2D eigenvalue weighted by Crippen LogP contribution is -2.52. The van der Waals surface area contributed by atoms with Gasteiger partial charge in [-0.25, -0.2) is 0 Å². The average Bonchev–Trinajstić information content (AvgIpc) is 2.98. The zero-order valence-electron chi connectivity index (χ0n) is 19.0. The monoisotopic (exact) mass is 423 g/mol. The van der Waals surface area contributed by atoms with E-state index in [-0.39, 0.29) is 34.6 Å². The Kier molecular flexibility index (Phi) is 7.45. The Balaban J connectivity index is 1.72. The maximum atomic E-state index is 12.5. The van der Waals surface area contributed by atoms with Crippen molar-refractivity contribution >= 4 is 5.78 Å². The largest absolute Gasteiger partial charge is 0.393 e. The quantitative estimate of drug-likeness (QED) is 0.446. The molecule has 0 bridgehead atoms. The van der Waals surface area contributed by atoms with Crippen LogP contribution in [0.15, 0.2) is 12.2 Å². The molecule has 6 nitrogen and oxygen atoms in total. The molecular formula is C24H41NO5. The molecular weight excluding hydrogens is 382 g/mol. The van der Waals surface area contributed by atoms with Crippen LogP contribution in [0, 0.1) is 28.6 Å². The SMILES string of the molecule is COCCNC(C)C1CCC(O)C1(C)CCC1C=CC(=O)C2CC(O)C(O)CC12C. The van der Waals surface area contributed by atoms with Crippen molar-refractivity contribution in [3.05, 3.63) is 12.2 Å². The third-order valence-corrected chi connectivity index (χ3v) is 8.78. The molecule has 0 spiro atoms. The molecule has 3 rings (SSSR count). The number of aliphatic hydroxyl groups excluding tert-OH is 3. The minimum Gasteiger partial charge on any atom is -0.393 e. The van der Waals surface area contributed by atoms with Crippen molar-refractivity contribution in [3.8, 4) is 0 Å². The number of rotatable bonds is 8. The van der Waals surface area contributed by atoms with Crippen molar-refractivity contribution in [3.63, 3.8) is 0 Å². The molecule has 2 saturated carbocycles. The van der Waals surface area contributed by atoms with Crippen LogP contribution in [0.4, 0.5) is 0 Å². The summed E-state index contributed by atoms with van der Waals surface area (Å²) < 4.78 is 5.16. The standard InChI is InChI=1S/C24H41NO5/c1-15(25-11-12-30-4)17-6-8-22(29)23(17,2)10-9-16-5-7-19(26)18-13-20(27)21(28)14-24(16,18)3/h5,7,15-18,20-22,25,27-29H,6,8-14H2,1-4H3. The van der Waals surface area contributed by atoms with E-state index in [4.69, 9.17) is 4.74 Å². The molecule has 30 heavy (non-hydrogen) atoms. The van der Waals surface area contributed by atoms with Gasteiger partial charge in [-0.3, -0.25) is 4.79 Å². The van der Waals surface area contributed by atoms with Crippen LogP contribution >= 0.6 is 0 Å². The highest BCUT2D eigenvalue weighted by atomic mass is 16.5. The van der Waals surface area contributed by atoms with Crippen LogP contribution in [0.3, 0.4) is 0 Å². The van der Waals surface area contributed by atoms with E-state index in [2.05, 4.69) is 26.1 Å². The fourth-order valence-electron chi connectivity index (χ4n) is 6.64. The summed E-state index contributed by atoms with van der Waals surface area (Å²) in [4.78, 5) is 12.5. The van der Waals surface area contributed by atoms with E-state index in [9.17, 15) is 20.1 Å². The Bertz CT molecular complexity index is 639. The number of allylic oxidation sites excluding steroid dienone is 2. The Hall–Kier alpha value is -0.790. The van der Waals surface area contributed by atoms with Crippen LogP contribution in [0.1, 0.15) is 59.3 Å². The van der Waals surface area contributed by atoms with E-state index in [1.807, 2.05) is 6.08 Å². The zero-order valence-corrected chi connectivity index (χ0v) is 19.0. The summed E-state index contributed by atoms with van der Waals surface area (Å²) in [6.07, 6.45) is 6.11. The van der Waals surface area contributed by atoms with E-state index < -0.39 is 12.2 Å². The highest BCUT2D eigenvalue weighted by Gasteiger charge is 2.53. The number of carbonyl (C=O) groups excluding carboxylic acids is 1. The first-order chi connectivity index (χ1) is 14.1. The predicted octanol–water partition coefficient (Wildman–Crippen LogP) is 2.06. The van der Waals surface area contributed by atoms with Gasteiger partial charge in [0.25, 0.3) is 0 Å². The Morgan fingerprint density at radius 2 is 1.97 bits per heavy atom. The molecule has 172 valence electrons. The van der Waals surface area contributed by atoms with Gasteiger partial charge in [0, 0.05) is 25.6 Å². The first-order valence-electron chi connectivity index (χ1n) is 11.6. The number of hydrogen-bond acceptors (Lipinski definition) is 6. The summed E-state index contributed by atoms with van der Waals surface area (Å²) >= 11 is 0. The topological polar surface area (TPSA) is 99.0 Å². The van der Waals surface area contributed by atoms with Crippen molar-refractivity contribution < 1.29 is 24.9 Å². The fraction of sp³-hybridized carbons (Fsp3) is 0.875. The van der Waals surface area contributed by atoms with Gasteiger partial charge in [-0.15, -0.1) is 0 Å². The highest BCUT2D eigenvalue weighted by Crippen LogP contribution is 2.54. The van der Waals surface area contributed by atoms with E-state index in [1.54, 1.807) is 13.2 Å². The lowest BCUT2D eigenvalue weighted by molar-refractivity contribution is -0.140. The van der Waals surface area contributed by atoms with Gasteiger partial charge in [0.2, 0.25) is 0 Å². The number of carbonyl (C=O) groups is 1. The number of aliphatic hydroxyl groups is 3. The summed E-state index contributed by atoms with van der Waals surface area (Å²) in [5.41, 5.74) is -0.532. The summed E-state index contributed by atoms with van der Waals surface area (Å²) in [7, 11) is 1.70. The van der Waals surface area contributed by atoms with Gasteiger partial charge in [0.05, 0.1) is 24.9 Å². The van der Waals surface area contributed by atoms with E-state index in [0.717, 1.165) is 32.2 Å². The maximum Gasteiger partial charge on any atom is 0.159 e. The van der Waals surface area contributed by atoms with Gasteiger partial charge in [0.15, 0.2) is 5.78 Å². The lowest BCUT2D eigenvalue weighted by Gasteiger charge is -2.51. The molecule has 3 aliphatic carbocycles. The molecule has 0 aromatic heterocycles. The van der Waals surface area contributed by atoms with Crippen molar-refractivity contribution in [2.24, 2.45) is 28.6 Å². The molecule has 0 amide bonds. The van der Waals surface area contributed by atoms with Crippen molar-refractivity contribution in [2.75, 3.05) is 20.3 Å². The van der Waals surface area contributed by atoms with Gasteiger partial charge in [-0.05, 0) is 74.2 Å². The lowest BCUT2D eigenvalue weighted by atomic mass is 9.54. The van der Waals surface area contributed by atoms with Crippen LogP contribution < -0.4 is 5.32 Å². The van der Waals surface area contributed by atoms with E-state index >= 15 is 0 Å². The Morgan fingerprint density at radius 3 is 2.67 bits per heavy atom. The molecule has 0 aliphatic heterocycles. The number of ketones is 1. The zero-order chi connectivity index (χ0) is 22.1. The van der Waals surface area contributed by atoms with Crippen LogP contribution in [-0.4, -0.2) is 65.7 Å². The second-order valence-corrected chi connectivity index (χ2v) is 10.5. The van der Waals surface area contributed by atoms with Crippen LogP contribution in [-0.2, 0) is 9.53 Å². The molecule has 3 aliphatic rings. The van der Waals surface area contributed by atoms with Crippen LogP contribution in [0.2, 0.25) is 0 Å². The number of ether oxygens (including phenoxy) is 1. The summed E-state index contributed by atoms with van der Waals surface area (Å²) in [6.45, 7) is 7.98. The molecule has 0 heterocycles. The van der Waals surface area contributed by atoms with Gasteiger partial charge in [0.1, 0.15) is 0 Å². The molecule has 9 unspecified atom stereocenters. The molecule has 0 radical (unpaired) electrons. The van der Waals surface area contributed by atoms with Gasteiger partial charge >= 0.3 is 0 Å². The molecule has 4 N–H and O–H groups in total. The van der Waals surface area contributed by atoms with Crippen molar-refractivity contribution in [2.45, 2.75) is 83.6 Å². The van der Waals surface area contributed by atoms with Gasteiger partial charge < -0.3 is 25.4 Å². The third kappa shape index (κ3) is 4.40. The fourth-order valence-corrected chi connectivity index (χ4v) is 6.64. The van der Waals surface area contributed by atoms with Crippen molar-refractivity contribution in [1.29, 1.82) is 0 Å². The first kappa shape index (κ1) is 23.9. The van der Waals surface area contributed by atoms with Crippen molar-refractivity contribution in [1.82, 2.24) is 5.32 Å². The number of hydrogen-bond donors (Lipinski definition) is 4. The Labute approximate surface area is 181 Å². The molecule has 0 aromatic rings. The van der Waals surface area contributed by atoms with Crippen LogP contribution in [0.25, 0.3) is 0 Å². The number of methoxy groups -OCH3 is 1. The Morgan fingerprint density at radius 1 is 1.23 bits per heavy atom. The smallest absolute Gasteiger partial charge is 0.159 e. The third-order valence-electron chi connectivity index (χ3n) is 8.78. The minimum atomic E-state index is -0.822. The molecule has 6 heteroatoms. The maximum absolute atomic E-state index is 12.5. The molecule has 0 aromatic carbocycles. The minimum absolute atomic E-state index is 0.0701. The summed E-state index contributed by atoms with van der Waals surface area (Å²) in [5.74, 6) is 0.364. The predicted molar refractivity (Wildman–Crippen MR) is 116 cm³/mol. The van der Waals surface area contributed by atoms with E-state index in [0.29, 0.717) is 31.4 Å². The summed E-state index contributed by atoms with van der Waals surface area (Å²) in [5, 5.41) is 34.9. The molecule has 0 saturated heterocycles. The average molecular weight is 424 g/mol. The number of nitrogens with one attached hydrogen (secondary N) is 1. The van der Waals surface area contributed by atoms with Crippen LogP contribution in [0.5, 0.6) is 0 Å². The molecule has 2 fully saturated rings. The summed E-state index contributed by atoms with van der Waals surface area (Å²) in [6, 6.07) is 0.292. The number of fused-ring (bicyclic) bond motifs is 1. The second kappa shape index (κ2) is 9.37.